The van der Waals surface area contributed by atoms with Crippen LogP contribution in [0.25, 0.3) is 0 Å². The molecule has 4 heteroatoms. The Hall–Kier alpha value is -0.870. The molecule has 0 saturated carbocycles. The van der Waals surface area contributed by atoms with Crippen molar-refractivity contribution in [1.29, 1.82) is 0 Å². The lowest BCUT2D eigenvalue weighted by Crippen LogP contribution is -2.29. The van der Waals surface area contributed by atoms with E-state index < -0.39 is 0 Å². The fourth-order valence-electron chi connectivity index (χ4n) is 1.50. The maximum atomic E-state index is 11.9. The molecular formula is C12H17BrN2O. The quantitative estimate of drug-likeness (QED) is 0.874. The normalized spacial score (nSPS) is 12.2. The molecule has 3 N–H and O–H groups in total. The molecule has 0 radical (unpaired) electrons. The minimum atomic E-state index is -0.0999. The van der Waals surface area contributed by atoms with Gasteiger partial charge >= 0.3 is 0 Å². The first-order valence-electron chi connectivity index (χ1n) is 5.44. The number of carbonyl (C=O) groups excluding carboxylic acids is 1. The molecule has 1 amide bonds. The van der Waals surface area contributed by atoms with E-state index in [4.69, 9.17) is 5.73 Å². The van der Waals surface area contributed by atoms with Crippen molar-refractivity contribution in [1.82, 2.24) is 0 Å². The molecule has 0 aliphatic rings. The molecule has 0 aliphatic carbocycles. The monoisotopic (exact) mass is 284 g/mol. The first-order chi connectivity index (χ1) is 7.69. The molecular weight excluding hydrogens is 268 g/mol. The number of halogens is 1. The van der Waals surface area contributed by atoms with Gasteiger partial charge in [-0.15, -0.1) is 0 Å². The van der Waals surface area contributed by atoms with E-state index in [1.807, 2.05) is 31.2 Å². The van der Waals surface area contributed by atoms with Gasteiger partial charge in [0.2, 0.25) is 5.91 Å². The summed E-state index contributed by atoms with van der Waals surface area (Å²) < 4.78 is 0.885. The van der Waals surface area contributed by atoms with Crippen molar-refractivity contribution in [2.24, 2.45) is 11.7 Å². The van der Waals surface area contributed by atoms with Gasteiger partial charge in [0.05, 0.1) is 11.6 Å². The Balaban J connectivity index is 2.66. The van der Waals surface area contributed by atoms with Crippen LogP contribution >= 0.6 is 15.9 Å². The number of benzene rings is 1. The third-order valence-electron chi connectivity index (χ3n) is 2.42. The molecule has 3 nitrogen and oxygen atoms in total. The Bertz CT molecular complexity index is 355. The molecule has 0 aromatic heterocycles. The molecule has 0 heterocycles. The first-order valence-corrected chi connectivity index (χ1v) is 6.23. The predicted molar refractivity (Wildman–Crippen MR) is 70.2 cm³/mol. The Morgan fingerprint density at radius 2 is 2.19 bits per heavy atom. The first kappa shape index (κ1) is 13.2. The van der Waals surface area contributed by atoms with Crippen LogP contribution in [0.5, 0.6) is 0 Å². The van der Waals surface area contributed by atoms with Crippen molar-refractivity contribution < 1.29 is 4.79 Å². The minimum Gasteiger partial charge on any atom is -0.330 e. The average molecular weight is 285 g/mol. The van der Waals surface area contributed by atoms with Crippen molar-refractivity contribution in [3.8, 4) is 0 Å². The van der Waals surface area contributed by atoms with Gasteiger partial charge in [0.1, 0.15) is 0 Å². The second kappa shape index (κ2) is 6.66. The molecule has 16 heavy (non-hydrogen) atoms. The van der Waals surface area contributed by atoms with E-state index in [1.165, 1.54) is 0 Å². The van der Waals surface area contributed by atoms with Gasteiger partial charge in [-0.05, 0) is 34.5 Å². The molecule has 1 aromatic carbocycles. The van der Waals surface area contributed by atoms with E-state index in [-0.39, 0.29) is 11.8 Å². The zero-order chi connectivity index (χ0) is 12.0. The number of rotatable bonds is 5. The Morgan fingerprint density at radius 3 is 2.75 bits per heavy atom. The fourth-order valence-corrected chi connectivity index (χ4v) is 1.89. The lowest BCUT2D eigenvalue weighted by Gasteiger charge is -2.14. The Morgan fingerprint density at radius 1 is 1.50 bits per heavy atom. The van der Waals surface area contributed by atoms with Gasteiger partial charge in [-0.25, -0.2) is 0 Å². The summed E-state index contributed by atoms with van der Waals surface area (Å²) in [5, 5.41) is 2.88. The van der Waals surface area contributed by atoms with Gasteiger partial charge in [-0.3, -0.25) is 4.79 Å². The third kappa shape index (κ3) is 3.61. The van der Waals surface area contributed by atoms with Crippen molar-refractivity contribution in [3.05, 3.63) is 28.7 Å². The maximum Gasteiger partial charge on any atom is 0.228 e. The number of nitrogens with two attached hydrogens (primary N) is 1. The third-order valence-corrected chi connectivity index (χ3v) is 3.12. The van der Waals surface area contributed by atoms with E-state index in [2.05, 4.69) is 21.2 Å². The highest BCUT2D eigenvalue weighted by Gasteiger charge is 2.16. The highest BCUT2D eigenvalue weighted by Crippen LogP contribution is 2.22. The summed E-state index contributed by atoms with van der Waals surface area (Å²) >= 11 is 3.39. The highest BCUT2D eigenvalue weighted by molar-refractivity contribution is 9.10. The average Bonchev–Trinajstić information content (AvgIpc) is 2.29. The maximum absolute atomic E-state index is 11.9. The van der Waals surface area contributed by atoms with Crippen LogP contribution in [-0.2, 0) is 4.79 Å². The van der Waals surface area contributed by atoms with Gasteiger partial charge < -0.3 is 11.1 Å². The van der Waals surface area contributed by atoms with Gasteiger partial charge in [0.25, 0.3) is 0 Å². The zero-order valence-corrected chi connectivity index (χ0v) is 11.0. The SMILES string of the molecule is CCCC(CN)C(=O)Nc1ccccc1Br. The van der Waals surface area contributed by atoms with E-state index in [0.29, 0.717) is 6.54 Å². The zero-order valence-electron chi connectivity index (χ0n) is 9.37. The Kier molecular flexibility index (Phi) is 5.49. The second-order valence-corrected chi connectivity index (χ2v) is 4.54. The largest absolute Gasteiger partial charge is 0.330 e. The fraction of sp³-hybridized carbons (Fsp3) is 0.417. The smallest absolute Gasteiger partial charge is 0.228 e. The summed E-state index contributed by atoms with van der Waals surface area (Å²) in [4.78, 5) is 11.9. The number of hydrogen-bond acceptors (Lipinski definition) is 2. The summed E-state index contributed by atoms with van der Waals surface area (Å²) in [7, 11) is 0. The molecule has 1 rings (SSSR count). The van der Waals surface area contributed by atoms with Crippen molar-refractivity contribution in [3.63, 3.8) is 0 Å². The number of para-hydroxylation sites is 1. The van der Waals surface area contributed by atoms with Crippen LogP contribution in [0.2, 0.25) is 0 Å². The molecule has 88 valence electrons. The molecule has 0 saturated heterocycles. The summed E-state index contributed by atoms with van der Waals surface area (Å²) in [5.74, 6) is -0.103. The van der Waals surface area contributed by atoms with E-state index in [0.717, 1.165) is 23.0 Å². The molecule has 1 aromatic rings. The molecule has 0 fully saturated rings. The van der Waals surface area contributed by atoms with Crippen molar-refractivity contribution in [2.45, 2.75) is 19.8 Å². The Labute approximate surface area is 105 Å². The predicted octanol–water partition coefficient (Wildman–Crippen LogP) is 2.76. The van der Waals surface area contributed by atoms with Gasteiger partial charge in [-0.1, -0.05) is 25.5 Å². The number of hydrogen-bond donors (Lipinski definition) is 2. The summed E-state index contributed by atoms with van der Waals surface area (Å²) in [5.41, 5.74) is 6.37. The standard InChI is InChI=1S/C12H17BrN2O/c1-2-5-9(8-14)12(16)15-11-7-4-3-6-10(11)13/h3-4,6-7,9H,2,5,8,14H2,1H3,(H,15,16). The second-order valence-electron chi connectivity index (χ2n) is 3.69. The lowest BCUT2D eigenvalue weighted by atomic mass is 10.0. The number of nitrogens with one attached hydrogen (secondary N) is 1. The van der Waals surface area contributed by atoms with Crippen LogP contribution in [0.15, 0.2) is 28.7 Å². The van der Waals surface area contributed by atoms with Crippen molar-refractivity contribution >= 4 is 27.5 Å². The van der Waals surface area contributed by atoms with E-state index in [1.54, 1.807) is 0 Å². The highest BCUT2D eigenvalue weighted by atomic mass is 79.9. The molecule has 0 spiro atoms. The van der Waals surface area contributed by atoms with Gasteiger partial charge in [0, 0.05) is 11.0 Å². The molecule has 1 unspecified atom stereocenters. The van der Waals surface area contributed by atoms with Crippen molar-refractivity contribution in [2.75, 3.05) is 11.9 Å². The topological polar surface area (TPSA) is 55.1 Å². The minimum absolute atomic E-state index is 0.00347. The summed E-state index contributed by atoms with van der Waals surface area (Å²) in [6.07, 6.45) is 1.79. The van der Waals surface area contributed by atoms with Crippen LogP contribution in [-0.4, -0.2) is 12.5 Å². The van der Waals surface area contributed by atoms with Crippen LogP contribution in [0.3, 0.4) is 0 Å². The van der Waals surface area contributed by atoms with Gasteiger partial charge in [0.15, 0.2) is 0 Å². The van der Waals surface area contributed by atoms with Crippen LogP contribution in [0, 0.1) is 5.92 Å². The van der Waals surface area contributed by atoms with Crippen LogP contribution in [0.1, 0.15) is 19.8 Å². The molecule has 0 bridgehead atoms. The summed E-state index contributed by atoms with van der Waals surface area (Å²) in [6.45, 7) is 2.44. The molecule has 1 atom stereocenters. The number of amides is 1. The lowest BCUT2D eigenvalue weighted by molar-refractivity contribution is -0.119. The van der Waals surface area contributed by atoms with E-state index in [9.17, 15) is 4.79 Å². The number of anilines is 1. The van der Waals surface area contributed by atoms with Crippen LogP contribution < -0.4 is 11.1 Å². The van der Waals surface area contributed by atoms with E-state index >= 15 is 0 Å². The van der Waals surface area contributed by atoms with Gasteiger partial charge in [-0.2, -0.15) is 0 Å². The molecule has 0 aliphatic heterocycles. The van der Waals surface area contributed by atoms with Crippen LogP contribution in [0.4, 0.5) is 5.69 Å². The summed E-state index contributed by atoms with van der Waals surface area (Å²) in [6, 6.07) is 7.55. The number of carbonyl (C=O) groups is 1.